The molecular formula is C73H141NO18. The van der Waals surface area contributed by atoms with Crippen LogP contribution in [0.4, 0.5) is 0 Å². The van der Waals surface area contributed by atoms with Gasteiger partial charge in [0.2, 0.25) is 5.91 Å². The molecule has 12 N–H and O–H groups in total. The standard InChI is InChI=1S/C73H141NO18/c1-3-5-7-9-11-13-15-16-17-18-19-20-21-22-23-24-25-26-27-28-29-30-31-32-33-34-35-36-37-38-39-40-41-43-45-47-49-51-61(79)74-56(57(78)50-48-46-44-42-14-12-10-8-6-4-2)55-87-71-67(85)64(82)69(59(53-76)89-71)92-73-68(86)65(83)70(60(54-77)90-73)91-72-66(84)63(81)62(80)58(52-75)88-72/h56-60,62-73,75-78,80-86H,3-55H2,1-2H3,(H,74,79). The van der Waals surface area contributed by atoms with E-state index in [1.807, 2.05) is 0 Å². The number of carbonyl (C=O) groups is 1. The van der Waals surface area contributed by atoms with Gasteiger partial charge in [-0.2, -0.15) is 0 Å². The lowest BCUT2D eigenvalue weighted by Crippen LogP contribution is -2.66. The van der Waals surface area contributed by atoms with E-state index < -0.39 is 124 Å². The van der Waals surface area contributed by atoms with Crippen molar-refractivity contribution in [1.82, 2.24) is 5.32 Å². The van der Waals surface area contributed by atoms with Gasteiger partial charge in [0.1, 0.15) is 73.2 Å². The molecule has 17 unspecified atom stereocenters. The van der Waals surface area contributed by atoms with Gasteiger partial charge in [0.25, 0.3) is 0 Å². The molecule has 0 aromatic carbocycles. The third kappa shape index (κ3) is 36.6. The normalized spacial score (nSPS) is 27.6. The minimum absolute atomic E-state index is 0.237. The summed E-state index contributed by atoms with van der Waals surface area (Å²) in [6.07, 6.45) is 35.4. The van der Waals surface area contributed by atoms with E-state index in [0.717, 1.165) is 44.9 Å². The minimum Gasteiger partial charge on any atom is -0.394 e. The number of ether oxygens (including phenoxy) is 6. The molecule has 19 heteroatoms. The Balaban J connectivity index is 1.26. The molecule has 3 aliphatic rings. The molecule has 1 amide bonds. The van der Waals surface area contributed by atoms with E-state index in [9.17, 15) is 61.0 Å². The van der Waals surface area contributed by atoms with E-state index in [0.29, 0.717) is 12.8 Å². The predicted molar refractivity (Wildman–Crippen MR) is 361 cm³/mol. The molecule has 3 heterocycles. The zero-order valence-corrected chi connectivity index (χ0v) is 58.1. The number of aliphatic hydroxyl groups excluding tert-OH is 11. The number of hydrogen-bond acceptors (Lipinski definition) is 18. The molecule has 0 aromatic heterocycles. The van der Waals surface area contributed by atoms with Crippen LogP contribution in [0.3, 0.4) is 0 Å². The number of carbonyl (C=O) groups excluding carboxylic acids is 1. The molecule has 3 fully saturated rings. The Labute approximate surface area is 557 Å². The molecule has 3 saturated heterocycles. The number of amides is 1. The molecule has 0 spiro atoms. The lowest BCUT2D eigenvalue weighted by Gasteiger charge is -2.48. The van der Waals surface area contributed by atoms with Crippen LogP contribution >= 0.6 is 0 Å². The molecule has 17 atom stereocenters. The van der Waals surface area contributed by atoms with E-state index in [4.69, 9.17) is 28.4 Å². The van der Waals surface area contributed by atoms with Gasteiger partial charge in [-0.25, -0.2) is 0 Å². The number of unbranched alkanes of at least 4 members (excludes halogenated alkanes) is 45. The van der Waals surface area contributed by atoms with Gasteiger partial charge >= 0.3 is 0 Å². The van der Waals surface area contributed by atoms with Gasteiger partial charge in [-0.05, 0) is 12.8 Å². The highest BCUT2D eigenvalue weighted by atomic mass is 16.8. The SMILES string of the molecule is CCCCCCCCCCCCCCCCCCCCCCCCCCCCCCCCCCCCCCCC(=O)NC(COC1OC(CO)C(OC2OC(CO)C(OC3OC(CO)C(O)C(O)C3O)C(O)C2O)C(O)C1O)C(O)CCCCCCCCCCCC. The highest BCUT2D eigenvalue weighted by Crippen LogP contribution is 2.33. The molecule has 0 aromatic rings. The van der Waals surface area contributed by atoms with Crippen molar-refractivity contribution in [2.45, 2.75) is 433 Å². The van der Waals surface area contributed by atoms with Crippen molar-refractivity contribution >= 4 is 5.91 Å². The van der Waals surface area contributed by atoms with Crippen LogP contribution < -0.4 is 5.32 Å². The van der Waals surface area contributed by atoms with Gasteiger partial charge in [0.05, 0.1) is 38.6 Å². The first-order valence-electron chi connectivity index (χ1n) is 38.3. The number of rotatable bonds is 61. The van der Waals surface area contributed by atoms with Crippen LogP contribution in [0.5, 0.6) is 0 Å². The fourth-order valence-corrected chi connectivity index (χ4v) is 13.5. The Bertz CT molecular complexity index is 1670. The van der Waals surface area contributed by atoms with Crippen LogP contribution in [0.15, 0.2) is 0 Å². The van der Waals surface area contributed by atoms with Crippen molar-refractivity contribution in [3.8, 4) is 0 Å². The summed E-state index contributed by atoms with van der Waals surface area (Å²) in [5.41, 5.74) is 0. The maximum absolute atomic E-state index is 13.4. The van der Waals surface area contributed by atoms with Crippen LogP contribution in [-0.4, -0.2) is 193 Å². The molecule has 92 heavy (non-hydrogen) atoms. The van der Waals surface area contributed by atoms with Crippen molar-refractivity contribution in [2.24, 2.45) is 0 Å². The number of aliphatic hydroxyl groups is 11. The van der Waals surface area contributed by atoms with E-state index in [-0.39, 0.29) is 18.9 Å². The lowest BCUT2D eigenvalue weighted by molar-refractivity contribution is -0.379. The first-order chi connectivity index (χ1) is 44.8. The zero-order valence-electron chi connectivity index (χ0n) is 58.1. The minimum atomic E-state index is -1.97. The van der Waals surface area contributed by atoms with E-state index >= 15 is 0 Å². The van der Waals surface area contributed by atoms with Crippen LogP contribution in [-0.2, 0) is 33.2 Å². The second kappa shape index (κ2) is 55.6. The molecule has 0 aliphatic carbocycles. The summed E-state index contributed by atoms with van der Waals surface area (Å²) in [5.74, 6) is -0.237. The van der Waals surface area contributed by atoms with Crippen LogP contribution in [0, 0.1) is 0 Å². The summed E-state index contributed by atoms with van der Waals surface area (Å²) in [5, 5.41) is 120. The summed E-state index contributed by atoms with van der Waals surface area (Å²) in [6.45, 7) is 1.81. The molecule has 0 radical (unpaired) electrons. The monoisotopic (exact) mass is 1320 g/mol. The van der Waals surface area contributed by atoms with E-state index in [1.165, 1.54) is 250 Å². The molecule has 3 aliphatic heterocycles. The Morgan fingerprint density at radius 1 is 0.348 bits per heavy atom. The predicted octanol–water partition coefficient (Wildman–Crippen LogP) is 11.5. The first-order valence-corrected chi connectivity index (χ1v) is 38.3. The topological polar surface area (TPSA) is 307 Å². The Morgan fingerprint density at radius 2 is 0.620 bits per heavy atom. The molecule has 0 bridgehead atoms. The van der Waals surface area contributed by atoms with Crippen molar-refractivity contribution < 1.29 is 89.4 Å². The fraction of sp³-hybridized carbons (Fsp3) is 0.986. The molecular weight excluding hydrogens is 1180 g/mol. The Hall–Kier alpha value is -1.21. The summed E-state index contributed by atoms with van der Waals surface area (Å²) in [4.78, 5) is 13.4. The Morgan fingerprint density at radius 3 is 0.946 bits per heavy atom. The quantitative estimate of drug-likeness (QED) is 0.0252. The Kier molecular flexibility index (Phi) is 51.4. The van der Waals surface area contributed by atoms with Crippen LogP contribution in [0.1, 0.15) is 328 Å². The lowest BCUT2D eigenvalue weighted by atomic mass is 9.96. The summed E-state index contributed by atoms with van der Waals surface area (Å²) < 4.78 is 34.4. The fourth-order valence-electron chi connectivity index (χ4n) is 13.5. The average Bonchev–Trinajstić information content (AvgIpc) is 0.799. The van der Waals surface area contributed by atoms with Crippen molar-refractivity contribution in [3.63, 3.8) is 0 Å². The second-order valence-electron chi connectivity index (χ2n) is 27.8. The van der Waals surface area contributed by atoms with E-state index in [2.05, 4.69) is 19.2 Å². The van der Waals surface area contributed by atoms with Crippen LogP contribution in [0.2, 0.25) is 0 Å². The van der Waals surface area contributed by atoms with Crippen molar-refractivity contribution in [3.05, 3.63) is 0 Å². The maximum Gasteiger partial charge on any atom is 0.220 e. The summed E-state index contributed by atoms with van der Waals surface area (Å²) in [7, 11) is 0. The second-order valence-corrected chi connectivity index (χ2v) is 27.8. The smallest absolute Gasteiger partial charge is 0.220 e. The van der Waals surface area contributed by atoms with Crippen LogP contribution in [0.25, 0.3) is 0 Å². The van der Waals surface area contributed by atoms with Gasteiger partial charge in [-0.15, -0.1) is 0 Å². The highest BCUT2D eigenvalue weighted by Gasteiger charge is 2.53. The maximum atomic E-state index is 13.4. The molecule has 19 nitrogen and oxygen atoms in total. The first kappa shape index (κ1) is 85.0. The van der Waals surface area contributed by atoms with Gasteiger partial charge in [-0.1, -0.05) is 309 Å². The van der Waals surface area contributed by atoms with Crippen molar-refractivity contribution in [1.29, 1.82) is 0 Å². The van der Waals surface area contributed by atoms with Crippen molar-refractivity contribution in [2.75, 3.05) is 26.4 Å². The highest BCUT2D eigenvalue weighted by molar-refractivity contribution is 5.76. The zero-order chi connectivity index (χ0) is 66.8. The molecule has 546 valence electrons. The van der Waals surface area contributed by atoms with Gasteiger partial charge < -0.3 is 89.9 Å². The largest absolute Gasteiger partial charge is 0.394 e. The van der Waals surface area contributed by atoms with Gasteiger partial charge in [-0.3, -0.25) is 4.79 Å². The number of hydrogen-bond donors (Lipinski definition) is 12. The van der Waals surface area contributed by atoms with Gasteiger partial charge in [0.15, 0.2) is 18.9 Å². The third-order valence-electron chi connectivity index (χ3n) is 19.7. The summed E-state index contributed by atoms with van der Waals surface area (Å²) >= 11 is 0. The van der Waals surface area contributed by atoms with E-state index in [1.54, 1.807) is 0 Å². The average molecular weight is 1320 g/mol. The van der Waals surface area contributed by atoms with Gasteiger partial charge in [0, 0.05) is 6.42 Å². The number of nitrogens with one attached hydrogen (secondary N) is 1. The summed E-state index contributed by atoms with van der Waals surface area (Å²) in [6, 6.07) is -0.880. The third-order valence-corrected chi connectivity index (χ3v) is 19.7. The molecule has 0 saturated carbocycles. The molecule has 3 rings (SSSR count).